The zero-order valence-electron chi connectivity index (χ0n) is 56.9. The largest absolute Gasteiger partial charge is 0.462 e. The Morgan fingerprint density at radius 3 is 2.36 bits per heavy atom. The molecule has 11 heterocycles. The number of thiophene rings is 2. The van der Waals surface area contributed by atoms with Crippen molar-refractivity contribution in [3.05, 3.63) is 89.5 Å². The van der Waals surface area contributed by atoms with E-state index in [0.717, 1.165) is 126 Å². The Morgan fingerprint density at radius 1 is 0.928 bits per heavy atom. The van der Waals surface area contributed by atoms with Crippen LogP contribution in [0.3, 0.4) is 0 Å². The van der Waals surface area contributed by atoms with Crippen LogP contribution in [0.2, 0.25) is 16.6 Å². The fraction of sp³-hybridized carbons (Fsp3) is 0.542. The van der Waals surface area contributed by atoms with Crippen LogP contribution in [-0.2, 0) is 22.6 Å². The SMILES string of the molecule is CCn1nccc1-c1ccc([C@H](CO)NC(=O)[C@@H]2C[C@@H](O)CN2C(=O)[C@H](C(C)C)n2cc(CCC3CCN(C[C@@]4(COc5nc(N6CC7CCC(C6)N7)c6c(n5)sc5c(-c7c8cn[nH]c8cc8scc(C#C[Si](C(C)C)(C(C)C)C(C)C)c78)nccc56)CC4(F)F)CC3)nn2)cc1. The molecule has 512 valence electrons. The molecule has 97 heavy (non-hydrogen) atoms. The standard InChI is InChI=1S/C72H89F2N15O5S2Si/c1-10-88-57(20-25-77-88)47-14-12-46(13-15-47)56(36-90)79-67(92)58-29-52(91)35-87(58)69(93)64(41(2)3)89-34-51(82-84-89)16-11-45-21-26-85(27-22-45)39-71(38-72(71,73)74)40-94-70-80-66(86-32-49-17-18-50(33-86)78-49)62-53-19-24-75-63(65(53)96-68(62)81-70)61-54-31-76-83-55(54)30-59-60(61)48(37-95-59)23-28-97(42(4)5,43(6)7)44(8)9/h12-15,19-20,24-25,30-31,34,37,41-45,49-50,52,56,58,64,78,90-91H,10-11,16-18,21-22,26-27,29,32-33,35-36,38-40H2,1-9H3,(H,76,83)(H,79,92)/t49?,50?,52-,56+,58+,64+,71-/m1/s1. The minimum absolute atomic E-state index is 0.0206. The molecule has 5 aliphatic rings. The van der Waals surface area contributed by atoms with Crippen molar-refractivity contribution in [1.82, 2.24) is 70.4 Å². The predicted molar refractivity (Wildman–Crippen MR) is 380 cm³/mol. The lowest BCUT2D eigenvalue weighted by molar-refractivity contribution is -0.142. The van der Waals surface area contributed by atoms with Gasteiger partial charge in [-0.3, -0.25) is 24.4 Å². The molecule has 0 spiro atoms. The lowest BCUT2D eigenvalue weighted by Crippen LogP contribution is -2.51. The zero-order chi connectivity index (χ0) is 67.8. The monoisotopic (exact) mass is 1370 g/mol. The Morgan fingerprint density at radius 2 is 1.67 bits per heavy atom. The summed E-state index contributed by atoms with van der Waals surface area (Å²) in [5.74, 6) is 0.920. The molecular formula is C72H89F2N15O5S2Si. The Hall–Kier alpha value is -7.31. The summed E-state index contributed by atoms with van der Waals surface area (Å²) in [6.07, 6.45) is 11.4. The average molecular weight is 1370 g/mol. The number of ether oxygens (including phenoxy) is 1. The van der Waals surface area contributed by atoms with Crippen molar-refractivity contribution >= 4 is 89.7 Å². The maximum Gasteiger partial charge on any atom is 0.319 e. The highest BCUT2D eigenvalue weighted by Gasteiger charge is 2.72. The number of aliphatic hydroxyl groups is 2. The number of rotatable bonds is 22. The number of carbonyl (C=O) groups is 2. The number of nitrogens with one attached hydrogen (secondary N) is 3. The van der Waals surface area contributed by atoms with Gasteiger partial charge in [-0.2, -0.15) is 20.2 Å². The number of likely N-dealkylation sites (tertiary alicyclic amines) is 2. The highest BCUT2D eigenvalue weighted by atomic mass is 32.1. The van der Waals surface area contributed by atoms with Gasteiger partial charge in [-0.25, -0.2) is 13.5 Å². The fourth-order valence-corrected chi connectivity index (χ4v) is 24.0. The van der Waals surface area contributed by atoms with Gasteiger partial charge in [-0.15, -0.1) is 33.3 Å². The number of hydrogen-bond acceptors (Lipinski definition) is 17. The third kappa shape index (κ3) is 12.5. The number of amides is 2. The number of aromatic nitrogens is 10. The van der Waals surface area contributed by atoms with Gasteiger partial charge in [0.25, 0.3) is 5.92 Å². The third-order valence-electron chi connectivity index (χ3n) is 22.0. The molecule has 4 aliphatic heterocycles. The summed E-state index contributed by atoms with van der Waals surface area (Å²) in [7, 11) is -2.08. The minimum atomic E-state index is -2.92. The van der Waals surface area contributed by atoms with Crippen LogP contribution < -0.4 is 20.3 Å². The number of H-pyrrole nitrogens is 1. The maximum absolute atomic E-state index is 16.0. The number of nitrogens with zero attached hydrogens (tertiary/aromatic N) is 12. The van der Waals surface area contributed by atoms with Gasteiger partial charge in [-0.05, 0) is 116 Å². The van der Waals surface area contributed by atoms with Crippen molar-refractivity contribution in [2.75, 3.05) is 57.4 Å². The van der Waals surface area contributed by atoms with E-state index in [9.17, 15) is 19.8 Å². The van der Waals surface area contributed by atoms with E-state index in [-0.39, 0.29) is 57.0 Å². The molecule has 2 bridgehead atoms. The van der Waals surface area contributed by atoms with Gasteiger partial charge in [0.2, 0.25) is 11.8 Å². The van der Waals surface area contributed by atoms with Crippen LogP contribution in [0, 0.1) is 28.7 Å². The molecular weight excluding hydrogens is 1290 g/mol. The smallest absolute Gasteiger partial charge is 0.319 e. The first-order valence-corrected chi connectivity index (χ1v) is 38.8. The summed E-state index contributed by atoms with van der Waals surface area (Å²) in [6.45, 7) is 23.0. The van der Waals surface area contributed by atoms with E-state index in [1.807, 2.05) is 68.2 Å². The van der Waals surface area contributed by atoms with Gasteiger partial charge in [0, 0.05) is 114 Å². The molecule has 4 saturated heterocycles. The van der Waals surface area contributed by atoms with E-state index in [4.69, 9.17) is 19.7 Å². The number of fused-ring (bicyclic) bond motifs is 7. The second-order valence-corrected chi connectivity index (χ2v) is 36.8. The van der Waals surface area contributed by atoms with Crippen LogP contribution in [-0.4, -0.2) is 172 Å². The Labute approximate surface area is 573 Å². The van der Waals surface area contributed by atoms with E-state index in [2.05, 4.69) is 117 Å². The summed E-state index contributed by atoms with van der Waals surface area (Å²) < 4.78 is 44.1. The number of β-amino-alcohol motifs (C(OH)–C–C–N with tert-alkyl or cyclic N) is 1. The van der Waals surface area contributed by atoms with Crippen molar-refractivity contribution in [3.8, 4) is 40.0 Å². The average Bonchev–Trinajstić information content (AvgIpc) is 1.57. The van der Waals surface area contributed by atoms with E-state index >= 15 is 8.78 Å². The van der Waals surface area contributed by atoms with Gasteiger partial charge >= 0.3 is 6.01 Å². The Balaban J connectivity index is 0.648. The van der Waals surface area contributed by atoms with Crippen molar-refractivity contribution in [1.29, 1.82) is 0 Å². The van der Waals surface area contributed by atoms with Crippen LogP contribution in [0.15, 0.2) is 72.6 Å². The molecule has 1 aliphatic carbocycles. The summed E-state index contributed by atoms with van der Waals surface area (Å²) >= 11 is 3.23. The summed E-state index contributed by atoms with van der Waals surface area (Å²) in [4.78, 5) is 50.7. The van der Waals surface area contributed by atoms with Crippen molar-refractivity contribution in [2.24, 2.45) is 17.3 Å². The number of halogens is 2. The molecule has 0 radical (unpaired) electrons. The number of carbonyl (C=O) groups excluding carboxylic acids is 2. The number of hydrogen-bond donors (Lipinski definition) is 5. The van der Waals surface area contributed by atoms with Gasteiger partial charge in [0.15, 0.2) is 0 Å². The fourth-order valence-electron chi connectivity index (χ4n) is 16.7. The van der Waals surface area contributed by atoms with Gasteiger partial charge < -0.3 is 40.3 Å². The summed E-state index contributed by atoms with van der Waals surface area (Å²) in [5.41, 5.74) is 11.1. The highest BCUT2D eigenvalue weighted by Crippen LogP contribution is 2.61. The van der Waals surface area contributed by atoms with E-state index < -0.39 is 49.5 Å². The molecule has 25 heteroatoms. The lowest BCUT2D eigenvalue weighted by atomic mass is 9.91. The number of piperazine rings is 1. The molecule has 20 nitrogen and oxygen atoms in total. The molecule has 5 N–H and O–H groups in total. The molecule has 7 aromatic heterocycles. The topological polar surface area (TPSA) is 233 Å². The number of piperidine rings is 1. The van der Waals surface area contributed by atoms with Gasteiger partial charge in [-0.1, -0.05) is 90.8 Å². The number of anilines is 1. The molecule has 7 atom stereocenters. The lowest BCUT2D eigenvalue weighted by Gasteiger charge is -2.38. The summed E-state index contributed by atoms with van der Waals surface area (Å²) in [6, 6.07) is 12.0. The molecule has 2 aromatic carbocycles. The number of aromatic amines is 1. The van der Waals surface area contributed by atoms with Crippen molar-refractivity contribution < 1.29 is 33.3 Å². The second-order valence-electron chi connectivity index (χ2n) is 29.3. The van der Waals surface area contributed by atoms with E-state index in [1.165, 1.54) is 4.90 Å². The first-order chi connectivity index (χ1) is 46.7. The number of pyridine rings is 1. The first-order valence-electron chi connectivity index (χ1n) is 34.8. The highest BCUT2D eigenvalue weighted by molar-refractivity contribution is 7.26. The van der Waals surface area contributed by atoms with Crippen LogP contribution in [0.1, 0.15) is 136 Å². The molecule has 1 saturated carbocycles. The minimum Gasteiger partial charge on any atom is -0.462 e. The van der Waals surface area contributed by atoms with Crippen LogP contribution in [0.25, 0.3) is 63.8 Å². The van der Waals surface area contributed by atoms with Crippen LogP contribution in [0.5, 0.6) is 6.01 Å². The van der Waals surface area contributed by atoms with Gasteiger partial charge in [0.1, 0.15) is 37.4 Å². The third-order valence-corrected chi connectivity index (χ3v) is 30.3. The number of aryl methyl sites for hydroxylation is 2. The normalized spacial score (nSPS) is 22.1. The number of aliphatic hydroxyl groups excluding tert-OH is 2. The predicted octanol–water partition coefficient (Wildman–Crippen LogP) is 11.7. The Kier molecular flexibility index (Phi) is 18.4. The quantitative estimate of drug-likeness (QED) is 0.0314. The van der Waals surface area contributed by atoms with Crippen LogP contribution in [0.4, 0.5) is 14.6 Å². The Bertz CT molecular complexity index is 4420. The molecule has 2 unspecified atom stereocenters. The molecule has 9 aromatic rings. The number of alkyl halides is 2. The maximum atomic E-state index is 16.0. The van der Waals surface area contributed by atoms with Gasteiger partial charge in [0.05, 0.1) is 63.0 Å². The van der Waals surface area contributed by atoms with Crippen molar-refractivity contribution in [3.63, 3.8) is 0 Å². The van der Waals surface area contributed by atoms with E-state index in [1.54, 1.807) is 39.7 Å². The molecule has 2 amide bonds. The van der Waals surface area contributed by atoms with E-state index in [0.29, 0.717) is 66.2 Å². The van der Waals surface area contributed by atoms with Crippen LogP contribution >= 0.6 is 22.7 Å². The zero-order valence-corrected chi connectivity index (χ0v) is 59.5. The number of benzene rings is 2. The summed E-state index contributed by atoms with van der Waals surface area (Å²) in [5, 5.41) is 55.3. The molecule has 5 fully saturated rings. The van der Waals surface area contributed by atoms with Crippen molar-refractivity contribution in [2.45, 2.75) is 179 Å². The second kappa shape index (κ2) is 26.7. The molecule has 14 rings (SSSR count). The first kappa shape index (κ1) is 66.9.